The van der Waals surface area contributed by atoms with E-state index in [9.17, 15) is 0 Å². The molecule has 1 aromatic carbocycles. The standard InChI is InChI=1S/C16H19N3O/c1-3-8-19-9-6-14(7-10-19)18-15-5-4-13(12-17)11-16(15)20-2/h1,4-5,11,14,18H,6-10H2,2H3. The SMILES string of the molecule is C#CCN1CCC(Nc2ccc(C#N)cc2OC)CC1. The number of hydrogen-bond donors (Lipinski definition) is 1. The van der Waals surface area contributed by atoms with Crippen LogP contribution in [0.5, 0.6) is 5.75 Å². The van der Waals surface area contributed by atoms with Gasteiger partial charge in [0.1, 0.15) is 5.75 Å². The summed E-state index contributed by atoms with van der Waals surface area (Å²) in [7, 11) is 1.62. The zero-order valence-electron chi connectivity index (χ0n) is 11.7. The Labute approximate surface area is 120 Å². The van der Waals surface area contributed by atoms with Crippen LogP contribution in [0.2, 0.25) is 0 Å². The predicted molar refractivity (Wildman–Crippen MR) is 79.6 cm³/mol. The second-order valence-corrected chi connectivity index (χ2v) is 4.93. The van der Waals surface area contributed by atoms with E-state index >= 15 is 0 Å². The Hall–Kier alpha value is -2.17. The zero-order chi connectivity index (χ0) is 14.4. The van der Waals surface area contributed by atoms with Gasteiger partial charge in [0.05, 0.1) is 31.0 Å². The molecule has 20 heavy (non-hydrogen) atoms. The Balaban J connectivity index is 1.98. The molecular formula is C16H19N3O. The molecule has 0 amide bonds. The lowest BCUT2D eigenvalue weighted by Gasteiger charge is -2.31. The first-order valence-corrected chi connectivity index (χ1v) is 6.77. The smallest absolute Gasteiger partial charge is 0.143 e. The molecule has 0 bridgehead atoms. The van der Waals surface area contributed by atoms with E-state index in [1.54, 1.807) is 19.2 Å². The highest BCUT2D eigenvalue weighted by Gasteiger charge is 2.19. The van der Waals surface area contributed by atoms with E-state index in [4.69, 9.17) is 16.4 Å². The first-order valence-electron chi connectivity index (χ1n) is 6.77. The van der Waals surface area contributed by atoms with Crippen LogP contribution >= 0.6 is 0 Å². The predicted octanol–water partition coefficient (Wildman–Crippen LogP) is 2.08. The molecule has 1 aliphatic rings. The van der Waals surface area contributed by atoms with Crippen LogP contribution < -0.4 is 10.1 Å². The molecule has 4 nitrogen and oxygen atoms in total. The summed E-state index contributed by atoms with van der Waals surface area (Å²) in [6.07, 6.45) is 7.45. The molecule has 0 unspecified atom stereocenters. The largest absolute Gasteiger partial charge is 0.495 e. The van der Waals surface area contributed by atoms with Crippen LogP contribution in [-0.4, -0.2) is 37.7 Å². The lowest BCUT2D eigenvalue weighted by molar-refractivity contribution is 0.243. The number of rotatable bonds is 4. The van der Waals surface area contributed by atoms with Crippen LogP contribution in [0.4, 0.5) is 5.69 Å². The summed E-state index contributed by atoms with van der Waals surface area (Å²) in [6, 6.07) is 8.01. The van der Waals surface area contributed by atoms with Gasteiger partial charge in [-0.3, -0.25) is 4.90 Å². The summed E-state index contributed by atoms with van der Waals surface area (Å²) < 4.78 is 5.34. The van der Waals surface area contributed by atoms with Crippen LogP contribution in [0.3, 0.4) is 0 Å². The average Bonchev–Trinajstić information content (AvgIpc) is 2.50. The van der Waals surface area contributed by atoms with Gasteiger partial charge in [-0.1, -0.05) is 5.92 Å². The molecule has 0 aliphatic carbocycles. The lowest BCUT2D eigenvalue weighted by atomic mass is 10.0. The summed E-state index contributed by atoms with van der Waals surface area (Å²) in [5, 5.41) is 12.4. The third kappa shape index (κ3) is 3.44. The van der Waals surface area contributed by atoms with Gasteiger partial charge in [0.25, 0.3) is 0 Å². The molecular weight excluding hydrogens is 250 g/mol. The Morgan fingerprint density at radius 2 is 2.20 bits per heavy atom. The van der Waals surface area contributed by atoms with E-state index in [2.05, 4.69) is 22.2 Å². The third-order valence-electron chi connectivity index (χ3n) is 3.59. The maximum Gasteiger partial charge on any atom is 0.143 e. The van der Waals surface area contributed by atoms with Crippen molar-refractivity contribution in [3.63, 3.8) is 0 Å². The zero-order valence-corrected chi connectivity index (χ0v) is 11.7. The second kappa shape index (κ2) is 6.84. The third-order valence-corrected chi connectivity index (χ3v) is 3.59. The van der Waals surface area contributed by atoms with Crippen molar-refractivity contribution in [1.29, 1.82) is 5.26 Å². The van der Waals surface area contributed by atoms with E-state index < -0.39 is 0 Å². The quantitative estimate of drug-likeness (QED) is 0.850. The number of terminal acetylenes is 1. The van der Waals surface area contributed by atoms with Crippen molar-refractivity contribution >= 4 is 5.69 Å². The van der Waals surface area contributed by atoms with Gasteiger partial charge in [0.15, 0.2) is 0 Å². The van der Waals surface area contributed by atoms with E-state index in [1.165, 1.54) is 0 Å². The Bertz CT molecular complexity index is 534. The Morgan fingerprint density at radius 1 is 1.45 bits per heavy atom. The van der Waals surface area contributed by atoms with Crippen molar-refractivity contribution in [2.75, 3.05) is 32.1 Å². The van der Waals surface area contributed by atoms with Crippen LogP contribution in [0.1, 0.15) is 18.4 Å². The Morgan fingerprint density at radius 3 is 2.80 bits per heavy atom. The molecule has 1 fully saturated rings. The molecule has 0 saturated carbocycles. The number of nitrogens with zero attached hydrogens (tertiary/aromatic N) is 2. The fourth-order valence-electron chi connectivity index (χ4n) is 2.46. The van der Waals surface area contributed by atoms with Gasteiger partial charge in [0, 0.05) is 25.2 Å². The molecule has 4 heteroatoms. The molecule has 0 atom stereocenters. The summed E-state index contributed by atoms with van der Waals surface area (Å²) in [6.45, 7) is 2.76. The van der Waals surface area contributed by atoms with Gasteiger partial charge in [-0.15, -0.1) is 6.42 Å². The van der Waals surface area contributed by atoms with Crippen LogP contribution in [-0.2, 0) is 0 Å². The summed E-state index contributed by atoms with van der Waals surface area (Å²) in [5.74, 6) is 3.41. The number of likely N-dealkylation sites (tertiary alicyclic amines) is 1. The number of nitrogens with one attached hydrogen (secondary N) is 1. The van der Waals surface area contributed by atoms with E-state index in [0.29, 0.717) is 11.6 Å². The van der Waals surface area contributed by atoms with Gasteiger partial charge in [-0.05, 0) is 25.0 Å². The van der Waals surface area contributed by atoms with Gasteiger partial charge >= 0.3 is 0 Å². The number of piperidine rings is 1. The minimum atomic E-state index is 0.422. The van der Waals surface area contributed by atoms with Gasteiger partial charge in [-0.25, -0.2) is 0 Å². The second-order valence-electron chi connectivity index (χ2n) is 4.93. The molecule has 0 radical (unpaired) electrons. The van der Waals surface area contributed by atoms with E-state index in [0.717, 1.165) is 43.9 Å². The maximum atomic E-state index is 8.90. The molecule has 0 spiro atoms. The number of ether oxygens (including phenoxy) is 1. The molecule has 1 N–H and O–H groups in total. The minimum Gasteiger partial charge on any atom is -0.495 e. The minimum absolute atomic E-state index is 0.422. The molecule has 1 saturated heterocycles. The first kappa shape index (κ1) is 14.2. The number of anilines is 1. The number of benzene rings is 1. The first-order chi connectivity index (χ1) is 9.76. The van der Waals surface area contributed by atoms with Crippen molar-refractivity contribution in [3.8, 4) is 24.2 Å². The number of methoxy groups -OCH3 is 1. The fraction of sp³-hybridized carbons (Fsp3) is 0.438. The fourth-order valence-corrected chi connectivity index (χ4v) is 2.46. The van der Waals surface area contributed by atoms with Crippen LogP contribution in [0.25, 0.3) is 0 Å². The van der Waals surface area contributed by atoms with E-state index in [-0.39, 0.29) is 0 Å². The Kier molecular flexibility index (Phi) is 4.87. The van der Waals surface area contributed by atoms with Gasteiger partial charge in [-0.2, -0.15) is 5.26 Å². The normalized spacial score (nSPS) is 16.1. The number of nitriles is 1. The van der Waals surface area contributed by atoms with Crippen molar-refractivity contribution < 1.29 is 4.74 Å². The van der Waals surface area contributed by atoms with E-state index in [1.807, 2.05) is 6.07 Å². The summed E-state index contributed by atoms with van der Waals surface area (Å²) >= 11 is 0. The summed E-state index contributed by atoms with van der Waals surface area (Å²) in [5.41, 5.74) is 1.55. The van der Waals surface area contributed by atoms with Crippen LogP contribution in [0.15, 0.2) is 18.2 Å². The molecule has 0 aromatic heterocycles. The molecule has 1 heterocycles. The molecule has 2 rings (SSSR count). The topological polar surface area (TPSA) is 48.3 Å². The highest BCUT2D eigenvalue weighted by atomic mass is 16.5. The van der Waals surface area contributed by atoms with Crippen molar-refractivity contribution in [3.05, 3.63) is 23.8 Å². The monoisotopic (exact) mass is 269 g/mol. The molecule has 104 valence electrons. The van der Waals surface area contributed by atoms with Crippen molar-refractivity contribution in [2.24, 2.45) is 0 Å². The van der Waals surface area contributed by atoms with Crippen molar-refractivity contribution in [2.45, 2.75) is 18.9 Å². The number of hydrogen-bond acceptors (Lipinski definition) is 4. The van der Waals surface area contributed by atoms with Gasteiger partial charge in [0.2, 0.25) is 0 Å². The highest BCUT2D eigenvalue weighted by Crippen LogP contribution is 2.27. The van der Waals surface area contributed by atoms with Gasteiger partial charge < -0.3 is 10.1 Å². The molecule has 1 aromatic rings. The summed E-state index contributed by atoms with van der Waals surface area (Å²) in [4.78, 5) is 2.29. The lowest BCUT2D eigenvalue weighted by Crippen LogP contribution is -2.39. The van der Waals surface area contributed by atoms with Crippen LogP contribution in [0, 0.1) is 23.7 Å². The van der Waals surface area contributed by atoms with Crippen molar-refractivity contribution in [1.82, 2.24) is 4.90 Å². The molecule has 1 aliphatic heterocycles. The average molecular weight is 269 g/mol. The maximum absolute atomic E-state index is 8.90. The highest BCUT2D eigenvalue weighted by molar-refractivity contribution is 5.60.